The minimum absolute atomic E-state index is 0.0191. The summed E-state index contributed by atoms with van der Waals surface area (Å²) in [6, 6.07) is 4.76. The first-order valence-electron chi connectivity index (χ1n) is 15.7. The molecule has 0 bridgehead atoms. The fourth-order valence-corrected chi connectivity index (χ4v) is 6.85. The van der Waals surface area contributed by atoms with Crippen molar-refractivity contribution in [1.82, 2.24) is 45.0 Å². The van der Waals surface area contributed by atoms with E-state index in [4.69, 9.17) is 15.0 Å². The van der Waals surface area contributed by atoms with Gasteiger partial charge in [0.1, 0.15) is 11.8 Å². The first-order valence-corrected chi connectivity index (χ1v) is 15.7. The molecule has 9 nitrogen and oxygen atoms in total. The Labute approximate surface area is 250 Å². The van der Waals surface area contributed by atoms with E-state index in [1.165, 1.54) is 23.8 Å². The highest BCUT2D eigenvalue weighted by Gasteiger charge is 2.32. The van der Waals surface area contributed by atoms with Crippen LogP contribution in [0.5, 0.6) is 0 Å². The van der Waals surface area contributed by atoms with E-state index >= 15 is 0 Å². The van der Waals surface area contributed by atoms with E-state index in [0.29, 0.717) is 18.1 Å². The molecule has 0 spiro atoms. The van der Waals surface area contributed by atoms with Crippen LogP contribution in [0.4, 0.5) is 0 Å². The molecule has 3 unspecified atom stereocenters. The summed E-state index contributed by atoms with van der Waals surface area (Å²) < 4.78 is 2.23. The topological polar surface area (TPSA) is 96.7 Å². The summed E-state index contributed by atoms with van der Waals surface area (Å²) in [4.78, 5) is 26.4. The third-order valence-electron chi connectivity index (χ3n) is 9.03. The highest BCUT2D eigenvalue weighted by atomic mass is 15.3. The van der Waals surface area contributed by atoms with Gasteiger partial charge in [0.05, 0.1) is 29.4 Å². The molecular formula is C33H47N9. The minimum Gasteiger partial charge on any atom is -0.315 e. The van der Waals surface area contributed by atoms with Gasteiger partial charge in [-0.05, 0) is 55.8 Å². The lowest BCUT2D eigenvalue weighted by atomic mass is 9.88. The van der Waals surface area contributed by atoms with E-state index in [9.17, 15) is 0 Å². The van der Waals surface area contributed by atoms with Gasteiger partial charge < -0.3 is 15.2 Å². The SMILES string of the molecule is CC(C)(C)c1ncc(CCN(C2CCNC2)C2CCC(Cn3cnc4c(C(C)(C)C)ncnc43)CN2)c2ncccc12. The van der Waals surface area contributed by atoms with Crippen LogP contribution in [0.15, 0.2) is 37.2 Å². The first-order chi connectivity index (χ1) is 20.1. The Kier molecular flexibility index (Phi) is 8.02. The van der Waals surface area contributed by atoms with Gasteiger partial charge in [0.25, 0.3) is 0 Å². The van der Waals surface area contributed by atoms with Gasteiger partial charge in [-0.25, -0.2) is 15.0 Å². The standard InChI is InChI=1S/C33H47N9/c1-32(2,3)29-25-8-7-13-35-27(25)23(17-37-29)12-15-42(24-11-14-34-18-24)26-10-9-22(16-36-26)19-41-21-40-28-30(33(4,5)6)38-20-39-31(28)41/h7-8,13,17,20-22,24,26,34,36H,9-12,14-16,18-19H2,1-6H3. The molecule has 2 fully saturated rings. The fraction of sp³-hybridized carbons (Fsp3) is 0.606. The lowest BCUT2D eigenvalue weighted by molar-refractivity contribution is 0.0814. The number of hydrogen-bond acceptors (Lipinski definition) is 8. The minimum atomic E-state index is -0.0639. The second-order valence-corrected chi connectivity index (χ2v) is 14.3. The Morgan fingerprint density at radius 3 is 2.45 bits per heavy atom. The average Bonchev–Trinajstić information content (AvgIpc) is 3.63. The van der Waals surface area contributed by atoms with Gasteiger partial charge in [-0.15, -0.1) is 0 Å². The van der Waals surface area contributed by atoms with Crippen molar-refractivity contribution in [2.75, 3.05) is 26.2 Å². The third-order valence-corrected chi connectivity index (χ3v) is 9.03. The third kappa shape index (κ3) is 5.92. The van der Waals surface area contributed by atoms with Crippen LogP contribution in [-0.2, 0) is 23.8 Å². The van der Waals surface area contributed by atoms with Crippen LogP contribution in [0.3, 0.4) is 0 Å². The van der Waals surface area contributed by atoms with Crippen LogP contribution < -0.4 is 10.6 Å². The van der Waals surface area contributed by atoms with Gasteiger partial charge in [-0.1, -0.05) is 41.5 Å². The Morgan fingerprint density at radius 2 is 1.74 bits per heavy atom. The summed E-state index contributed by atoms with van der Waals surface area (Å²) >= 11 is 0. The van der Waals surface area contributed by atoms with Gasteiger partial charge in [0.2, 0.25) is 0 Å². The van der Waals surface area contributed by atoms with Crippen molar-refractivity contribution in [1.29, 1.82) is 0 Å². The molecule has 4 aromatic rings. The smallest absolute Gasteiger partial charge is 0.163 e. The van der Waals surface area contributed by atoms with E-state index < -0.39 is 0 Å². The predicted octanol–water partition coefficient (Wildman–Crippen LogP) is 4.60. The number of nitrogens with one attached hydrogen (secondary N) is 2. The number of piperidine rings is 1. The molecule has 42 heavy (non-hydrogen) atoms. The zero-order chi connectivity index (χ0) is 29.5. The van der Waals surface area contributed by atoms with Crippen molar-refractivity contribution >= 4 is 22.1 Å². The van der Waals surface area contributed by atoms with Crippen LogP contribution in [0, 0.1) is 5.92 Å². The summed E-state index contributed by atoms with van der Waals surface area (Å²) in [5, 5.41) is 8.73. The summed E-state index contributed by atoms with van der Waals surface area (Å²) in [6.45, 7) is 18.3. The molecule has 9 heteroatoms. The maximum Gasteiger partial charge on any atom is 0.163 e. The quantitative estimate of drug-likeness (QED) is 0.334. The Morgan fingerprint density at radius 1 is 0.905 bits per heavy atom. The number of hydrogen-bond donors (Lipinski definition) is 2. The Balaban J connectivity index is 1.15. The van der Waals surface area contributed by atoms with Gasteiger partial charge in [-0.3, -0.25) is 14.9 Å². The molecule has 0 radical (unpaired) electrons. The lowest BCUT2D eigenvalue weighted by Crippen LogP contribution is -2.55. The largest absolute Gasteiger partial charge is 0.315 e. The molecule has 2 saturated heterocycles. The number of aromatic nitrogens is 6. The molecule has 2 aliphatic rings. The lowest BCUT2D eigenvalue weighted by Gasteiger charge is -2.41. The summed E-state index contributed by atoms with van der Waals surface area (Å²) in [5.41, 5.74) is 6.27. The van der Waals surface area contributed by atoms with E-state index in [1.807, 2.05) is 18.6 Å². The molecule has 224 valence electrons. The van der Waals surface area contributed by atoms with Gasteiger partial charge in [-0.2, -0.15) is 0 Å². The fourth-order valence-electron chi connectivity index (χ4n) is 6.85. The number of imidazole rings is 1. The van der Waals surface area contributed by atoms with Crippen LogP contribution in [-0.4, -0.2) is 72.8 Å². The van der Waals surface area contributed by atoms with Gasteiger partial charge >= 0.3 is 0 Å². The second kappa shape index (κ2) is 11.6. The molecule has 0 aliphatic carbocycles. The number of fused-ring (bicyclic) bond motifs is 2. The number of nitrogens with zero attached hydrogens (tertiary/aromatic N) is 7. The van der Waals surface area contributed by atoms with E-state index in [1.54, 1.807) is 6.33 Å². The van der Waals surface area contributed by atoms with Crippen LogP contribution in [0.25, 0.3) is 22.1 Å². The van der Waals surface area contributed by atoms with Crippen molar-refractivity contribution in [3.8, 4) is 0 Å². The molecular weight excluding hydrogens is 522 g/mol. The average molecular weight is 570 g/mol. The normalized spacial score (nSPS) is 22.0. The highest BCUT2D eigenvalue weighted by Crippen LogP contribution is 2.30. The number of rotatable bonds is 7. The van der Waals surface area contributed by atoms with Crippen molar-refractivity contribution in [2.24, 2.45) is 5.92 Å². The van der Waals surface area contributed by atoms with E-state index in [2.05, 4.69) is 83.9 Å². The molecule has 2 N–H and O–H groups in total. The van der Waals surface area contributed by atoms with E-state index in [0.717, 1.165) is 73.6 Å². The predicted molar refractivity (Wildman–Crippen MR) is 168 cm³/mol. The van der Waals surface area contributed by atoms with Crippen LogP contribution in [0.1, 0.15) is 77.8 Å². The van der Waals surface area contributed by atoms with E-state index in [-0.39, 0.29) is 10.8 Å². The van der Waals surface area contributed by atoms with Crippen molar-refractivity contribution in [2.45, 2.75) is 96.8 Å². The second-order valence-electron chi connectivity index (χ2n) is 14.3. The van der Waals surface area contributed by atoms with Crippen molar-refractivity contribution in [3.05, 3.63) is 54.1 Å². The molecule has 0 aromatic carbocycles. The van der Waals surface area contributed by atoms with Crippen LogP contribution in [0.2, 0.25) is 0 Å². The van der Waals surface area contributed by atoms with Crippen LogP contribution >= 0.6 is 0 Å². The first kappa shape index (κ1) is 29.1. The van der Waals surface area contributed by atoms with Gasteiger partial charge in [0.15, 0.2) is 5.65 Å². The zero-order valence-corrected chi connectivity index (χ0v) is 26.2. The van der Waals surface area contributed by atoms with Gasteiger partial charge in [0, 0.05) is 60.8 Å². The summed E-state index contributed by atoms with van der Waals surface area (Å²) in [6.07, 6.45) is 12.5. The summed E-state index contributed by atoms with van der Waals surface area (Å²) in [7, 11) is 0. The molecule has 3 atom stereocenters. The molecule has 6 heterocycles. The van der Waals surface area contributed by atoms with Crippen molar-refractivity contribution < 1.29 is 0 Å². The molecule has 0 saturated carbocycles. The monoisotopic (exact) mass is 569 g/mol. The Hall–Kier alpha value is -3.01. The Bertz CT molecular complexity index is 1520. The molecule has 6 rings (SSSR count). The maximum atomic E-state index is 4.95. The molecule has 0 amide bonds. The highest BCUT2D eigenvalue weighted by molar-refractivity contribution is 5.84. The van der Waals surface area contributed by atoms with Crippen molar-refractivity contribution in [3.63, 3.8) is 0 Å². The maximum absolute atomic E-state index is 4.95. The molecule has 2 aliphatic heterocycles. The summed E-state index contributed by atoms with van der Waals surface area (Å²) in [5.74, 6) is 0.539. The zero-order valence-electron chi connectivity index (χ0n) is 26.2. The number of pyridine rings is 2. The molecule has 4 aromatic heterocycles.